The molecule has 1 heterocycles. The van der Waals surface area contributed by atoms with Gasteiger partial charge in [-0.25, -0.2) is 18.2 Å². The molecule has 0 aliphatic rings. The van der Waals surface area contributed by atoms with Crippen molar-refractivity contribution in [3.05, 3.63) is 118 Å². The van der Waals surface area contributed by atoms with Crippen molar-refractivity contribution in [3.63, 3.8) is 0 Å². The number of alkyl halides is 3. The second-order valence-corrected chi connectivity index (χ2v) is 11.0. The van der Waals surface area contributed by atoms with Gasteiger partial charge >= 0.3 is 12.1 Å². The van der Waals surface area contributed by atoms with E-state index in [1.807, 2.05) is 0 Å². The highest BCUT2D eigenvalue weighted by atomic mass is 32.2. The van der Waals surface area contributed by atoms with Gasteiger partial charge in [-0.3, -0.25) is 24.3 Å². The molecule has 1 aromatic heterocycles. The van der Waals surface area contributed by atoms with Crippen molar-refractivity contribution in [2.45, 2.75) is 25.0 Å². The molecular weight excluding hydrogens is 617 g/mol. The molecule has 0 unspecified atom stereocenters. The first-order valence-electron chi connectivity index (χ1n) is 12.9. The standard InChI is InChI=1S/C27H26N6O4S.C2HF3O2/c28-25(29)22-13-7-10-20(14-22)15-30-24(34)17-33-26(21-11-5-2-6-12-21)31-16-23(27(33)35)32-38(36,37)18-19-8-3-1-4-9-19;3-2(4,5)1(6)7/h1-14,16,32H,15,17-18H2,(H3,28,29)(H,30,34);(H,6,7). The fourth-order valence-corrected chi connectivity index (χ4v) is 4.95. The minimum absolute atomic E-state index is 0.0881. The summed E-state index contributed by atoms with van der Waals surface area (Å²) < 4.78 is 60.7. The number of sulfonamides is 1. The van der Waals surface area contributed by atoms with Crippen LogP contribution >= 0.6 is 0 Å². The molecular formula is C29H27F3N6O6S. The summed E-state index contributed by atoms with van der Waals surface area (Å²) in [4.78, 5) is 39.5. The van der Waals surface area contributed by atoms with Gasteiger partial charge in [-0.2, -0.15) is 13.2 Å². The number of nitrogens with zero attached hydrogens (tertiary/aromatic N) is 2. The molecule has 0 spiro atoms. The van der Waals surface area contributed by atoms with Gasteiger partial charge in [0.2, 0.25) is 15.9 Å². The fourth-order valence-electron chi connectivity index (χ4n) is 3.77. The van der Waals surface area contributed by atoms with Crippen LogP contribution in [0.25, 0.3) is 11.4 Å². The number of anilines is 1. The number of carboxylic acid groups (broad SMARTS) is 1. The van der Waals surface area contributed by atoms with Crippen LogP contribution in [0.2, 0.25) is 0 Å². The third kappa shape index (κ3) is 10.3. The lowest BCUT2D eigenvalue weighted by Gasteiger charge is -2.15. The quantitative estimate of drug-likeness (QED) is 0.128. The first-order chi connectivity index (χ1) is 21.2. The molecule has 0 fully saturated rings. The van der Waals surface area contributed by atoms with Gasteiger partial charge < -0.3 is 16.2 Å². The van der Waals surface area contributed by atoms with E-state index in [2.05, 4.69) is 15.0 Å². The Balaban J connectivity index is 0.000000707. The van der Waals surface area contributed by atoms with Gasteiger partial charge in [-0.1, -0.05) is 78.9 Å². The average molecular weight is 645 g/mol. The zero-order valence-electron chi connectivity index (χ0n) is 23.3. The van der Waals surface area contributed by atoms with E-state index in [0.29, 0.717) is 16.7 Å². The molecule has 16 heteroatoms. The maximum atomic E-state index is 13.4. The van der Waals surface area contributed by atoms with Crippen molar-refractivity contribution < 1.29 is 36.3 Å². The summed E-state index contributed by atoms with van der Waals surface area (Å²) >= 11 is 0. The number of nitrogens with two attached hydrogens (primary N) is 1. The molecule has 4 rings (SSSR count). The van der Waals surface area contributed by atoms with Gasteiger partial charge in [-0.15, -0.1) is 0 Å². The van der Waals surface area contributed by atoms with Crippen molar-refractivity contribution >= 4 is 33.4 Å². The maximum absolute atomic E-state index is 13.4. The Morgan fingerprint density at radius 2 is 1.53 bits per heavy atom. The number of halogens is 3. The van der Waals surface area contributed by atoms with E-state index >= 15 is 0 Å². The second kappa shape index (κ2) is 14.8. The number of nitrogens with one attached hydrogen (secondary N) is 3. The molecule has 0 radical (unpaired) electrons. The lowest BCUT2D eigenvalue weighted by atomic mass is 10.1. The summed E-state index contributed by atoms with van der Waals surface area (Å²) in [6, 6.07) is 24.3. The number of aromatic nitrogens is 2. The predicted octanol–water partition coefficient (Wildman–Crippen LogP) is 3.09. The molecule has 1 amide bonds. The van der Waals surface area contributed by atoms with Crippen LogP contribution in [0, 0.1) is 5.41 Å². The zero-order chi connectivity index (χ0) is 33.2. The Kier molecular flexibility index (Phi) is 11.2. The van der Waals surface area contributed by atoms with Crippen LogP contribution in [-0.4, -0.2) is 47.0 Å². The third-order valence-corrected chi connectivity index (χ3v) is 7.06. The number of hydrogen-bond acceptors (Lipinski definition) is 7. The van der Waals surface area contributed by atoms with Crippen LogP contribution in [-0.2, 0) is 38.5 Å². The molecule has 236 valence electrons. The van der Waals surface area contributed by atoms with E-state index in [-0.39, 0.29) is 29.6 Å². The SMILES string of the molecule is N=C(N)c1cccc(CNC(=O)Cn2c(-c3ccccc3)ncc(NS(=O)(=O)Cc3ccccc3)c2=O)c1.O=C(O)C(F)(F)F. The third-order valence-electron chi connectivity index (χ3n) is 5.82. The molecule has 12 nitrogen and oxygen atoms in total. The lowest BCUT2D eigenvalue weighted by molar-refractivity contribution is -0.192. The number of rotatable bonds is 10. The van der Waals surface area contributed by atoms with Crippen molar-refractivity contribution in [3.8, 4) is 11.4 Å². The summed E-state index contributed by atoms with van der Waals surface area (Å²) in [5.41, 5.74) is 6.96. The summed E-state index contributed by atoms with van der Waals surface area (Å²) in [7, 11) is -3.92. The van der Waals surface area contributed by atoms with Crippen molar-refractivity contribution in [2.75, 3.05) is 4.72 Å². The highest BCUT2D eigenvalue weighted by Crippen LogP contribution is 2.17. The smallest absolute Gasteiger partial charge is 0.475 e. The van der Waals surface area contributed by atoms with Crippen LogP contribution in [0.15, 0.2) is 95.9 Å². The van der Waals surface area contributed by atoms with E-state index in [1.54, 1.807) is 84.9 Å². The number of carbonyl (C=O) groups excluding carboxylic acids is 1. The average Bonchev–Trinajstić information content (AvgIpc) is 2.99. The molecule has 0 aliphatic carbocycles. The van der Waals surface area contributed by atoms with Crippen molar-refractivity contribution in [1.29, 1.82) is 5.41 Å². The van der Waals surface area contributed by atoms with Crippen LogP contribution in [0.5, 0.6) is 0 Å². The Morgan fingerprint density at radius 3 is 2.11 bits per heavy atom. The molecule has 0 bridgehead atoms. The topological polar surface area (TPSA) is 197 Å². The van der Waals surface area contributed by atoms with Gasteiger partial charge in [0, 0.05) is 17.7 Å². The Hall–Kier alpha value is -5.51. The van der Waals surface area contributed by atoms with Gasteiger partial charge in [-0.05, 0) is 17.2 Å². The Bertz CT molecular complexity index is 1830. The van der Waals surface area contributed by atoms with E-state index in [4.69, 9.17) is 21.0 Å². The minimum atomic E-state index is -5.08. The Morgan fingerprint density at radius 1 is 0.956 bits per heavy atom. The maximum Gasteiger partial charge on any atom is 0.490 e. The van der Waals surface area contributed by atoms with Gasteiger partial charge in [0.05, 0.1) is 11.9 Å². The van der Waals surface area contributed by atoms with E-state index in [9.17, 15) is 31.2 Å². The number of amides is 1. The van der Waals surface area contributed by atoms with Crippen LogP contribution in [0.4, 0.5) is 18.9 Å². The highest BCUT2D eigenvalue weighted by Gasteiger charge is 2.38. The number of hydrogen-bond donors (Lipinski definition) is 5. The number of benzene rings is 3. The molecule has 3 aromatic carbocycles. The number of carboxylic acids is 1. The lowest BCUT2D eigenvalue weighted by Crippen LogP contribution is -2.35. The number of carbonyl (C=O) groups is 2. The molecule has 45 heavy (non-hydrogen) atoms. The summed E-state index contributed by atoms with van der Waals surface area (Å²) in [5, 5.41) is 17.4. The molecule has 4 aromatic rings. The predicted molar refractivity (Wildman–Crippen MR) is 160 cm³/mol. The minimum Gasteiger partial charge on any atom is -0.475 e. The molecule has 0 saturated carbocycles. The van der Waals surface area contributed by atoms with E-state index < -0.39 is 40.2 Å². The number of aliphatic carboxylic acids is 1. The summed E-state index contributed by atoms with van der Waals surface area (Å²) in [6.07, 6.45) is -3.92. The Labute approximate surface area is 254 Å². The summed E-state index contributed by atoms with van der Waals surface area (Å²) in [5.74, 6) is -3.44. The zero-order valence-corrected chi connectivity index (χ0v) is 24.1. The molecule has 0 aliphatic heterocycles. The van der Waals surface area contributed by atoms with Gasteiger partial charge in [0.1, 0.15) is 23.9 Å². The van der Waals surface area contributed by atoms with Crippen molar-refractivity contribution in [1.82, 2.24) is 14.9 Å². The van der Waals surface area contributed by atoms with E-state index in [1.165, 1.54) is 0 Å². The van der Waals surface area contributed by atoms with Crippen LogP contribution in [0.1, 0.15) is 16.7 Å². The highest BCUT2D eigenvalue weighted by molar-refractivity contribution is 7.91. The van der Waals surface area contributed by atoms with Gasteiger partial charge in [0.15, 0.2) is 0 Å². The largest absolute Gasteiger partial charge is 0.490 e. The first kappa shape index (κ1) is 34.0. The number of amidine groups is 1. The second-order valence-electron chi connectivity index (χ2n) is 9.29. The van der Waals surface area contributed by atoms with E-state index in [0.717, 1.165) is 16.3 Å². The van der Waals surface area contributed by atoms with Crippen LogP contribution < -0.4 is 21.3 Å². The van der Waals surface area contributed by atoms with Crippen molar-refractivity contribution in [2.24, 2.45) is 5.73 Å². The monoisotopic (exact) mass is 644 g/mol. The number of nitrogen functional groups attached to an aromatic ring is 1. The normalized spacial score (nSPS) is 11.1. The van der Waals surface area contributed by atoms with Crippen LogP contribution in [0.3, 0.4) is 0 Å². The first-order valence-corrected chi connectivity index (χ1v) is 14.5. The molecule has 0 atom stereocenters. The fraction of sp³-hybridized carbons (Fsp3) is 0.138. The molecule has 0 saturated heterocycles. The summed E-state index contributed by atoms with van der Waals surface area (Å²) in [6.45, 7) is -0.247. The molecule has 6 N–H and O–H groups in total. The van der Waals surface area contributed by atoms with Gasteiger partial charge in [0.25, 0.3) is 5.56 Å².